The predicted molar refractivity (Wildman–Crippen MR) is 215 cm³/mol. The standard InChI is InChI=1S/C39H77N4O11P/c1-2-3-23-41-38(46)34-53-31-30-52-28-26-43-39(47)35-54-32-29-51-27-25-42-37(45)22-20-24-40-36(44)21-18-16-14-12-10-8-6-4-5-7-9-11-13-15-17-19-33-55(48,49)50/h2-35H2,1H3,(H,40,44)(H,41,46)(H,42,45)(H,43,47)(H2,48,49,50). The summed E-state index contributed by atoms with van der Waals surface area (Å²) in [5, 5.41) is 11.1. The molecule has 0 aromatic rings. The highest BCUT2D eigenvalue weighted by Crippen LogP contribution is 2.35. The van der Waals surface area contributed by atoms with Gasteiger partial charge in [-0.2, -0.15) is 0 Å². The van der Waals surface area contributed by atoms with Crippen LogP contribution in [0.3, 0.4) is 0 Å². The van der Waals surface area contributed by atoms with E-state index in [-0.39, 0.29) is 49.6 Å². The number of carbonyl (C=O) groups excluding carboxylic acids is 4. The molecule has 0 fully saturated rings. The van der Waals surface area contributed by atoms with E-state index in [0.717, 1.165) is 51.4 Å². The number of hydrogen-bond donors (Lipinski definition) is 6. The smallest absolute Gasteiger partial charge is 0.325 e. The fraction of sp³-hybridized carbons (Fsp3) is 0.897. The van der Waals surface area contributed by atoms with E-state index in [1.807, 2.05) is 0 Å². The van der Waals surface area contributed by atoms with Crippen molar-refractivity contribution in [3.63, 3.8) is 0 Å². The second-order valence-corrected chi connectivity index (χ2v) is 15.8. The van der Waals surface area contributed by atoms with Crippen LogP contribution in [-0.4, -0.2) is 119 Å². The van der Waals surface area contributed by atoms with E-state index in [9.17, 15) is 23.7 Å². The zero-order valence-corrected chi connectivity index (χ0v) is 35.0. The van der Waals surface area contributed by atoms with Crippen LogP contribution in [0.25, 0.3) is 0 Å². The molecule has 0 bridgehead atoms. The van der Waals surface area contributed by atoms with Crippen LogP contribution < -0.4 is 21.3 Å². The highest BCUT2D eigenvalue weighted by atomic mass is 31.2. The SMILES string of the molecule is CCCCNC(=O)COCCOCCNC(=O)COCCOCCNC(=O)CCCNC(=O)CCCCCCCCCCCCCCCCCCP(=O)(O)O. The number of carbonyl (C=O) groups is 4. The summed E-state index contributed by atoms with van der Waals surface area (Å²) >= 11 is 0. The lowest BCUT2D eigenvalue weighted by Crippen LogP contribution is -2.32. The van der Waals surface area contributed by atoms with Crippen molar-refractivity contribution < 1.29 is 52.5 Å². The van der Waals surface area contributed by atoms with Gasteiger partial charge in [-0.15, -0.1) is 0 Å². The molecule has 55 heavy (non-hydrogen) atoms. The Morgan fingerprint density at radius 1 is 0.418 bits per heavy atom. The van der Waals surface area contributed by atoms with Crippen LogP contribution in [0.1, 0.15) is 142 Å². The fourth-order valence-electron chi connectivity index (χ4n) is 5.53. The Labute approximate surface area is 331 Å². The van der Waals surface area contributed by atoms with Crippen molar-refractivity contribution >= 4 is 31.2 Å². The zero-order valence-electron chi connectivity index (χ0n) is 34.1. The Bertz CT molecular complexity index is 987. The summed E-state index contributed by atoms with van der Waals surface area (Å²) in [5.41, 5.74) is 0. The van der Waals surface area contributed by atoms with Crippen molar-refractivity contribution in [1.82, 2.24) is 21.3 Å². The molecule has 0 heterocycles. The second-order valence-electron chi connectivity index (χ2n) is 14.0. The molecule has 0 rings (SSSR count). The van der Waals surface area contributed by atoms with Crippen molar-refractivity contribution in [3.05, 3.63) is 0 Å². The van der Waals surface area contributed by atoms with Gasteiger partial charge in [0, 0.05) is 45.2 Å². The van der Waals surface area contributed by atoms with Gasteiger partial charge >= 0.3 is 7.60 Å². The molecule has 15 nitrogen and oxygen atoms in total. The first kappa shape index (κ1) is 52.9. The molecule has 4 amide bonds. The normalized spacial score (nSPS) is 11.4. The molecule has 0 aliphatic rings. The molecule has 0 aromatic carbocycles. The molecule has 0 radical (unpaired) electrons. The Hall–Kier alpha value is -2.13. The van der Waals surface area contributed by atoms with Gasteiger partial charge in [-0.05, 0) is 25.7 Å². The highest BCUT2D eigenvalue weighted by Gasteiger charge is 2.11. The monoisotopic (exact) mass is 809 g/mol. The fourth-order valence-corrected chi connectivity index (χ4v) is 6.17. The van der Waals surface area contributed by atoms with Crippen LogP contribution in [0.5, 0.6) is 0 Å². The first-order chi connectivity index (χ1) is 26.6. The number of unbranched alkanes of at least 4 members (excludes halogenated alkanes) is 16. The van der Waals surface area contributed by atoms with Gasteiger partial charge in [-0.1, -0.05) is 103 Å². The average Bonchev–Trinajstić information content (AvgIpc) is 3.14. The molecule has 0 unspecified atom stereocenters. The molecule has 0 saturated heterocycles. The van der Waals surface area contributed by atoms with Crippen LogP contribution >= 0.6 is 7.60 Å². The van der Waals surface area contributed by atoms with Gasteiger partial charge in [-0.3, -0.25) is 23.7 Å². The molecule has 16 heteroatoms. The maximum atomic E-state index is 12.1. The van der Waals surface area contributed by atoms with Gasteiger partial charge in [0.2, 0.25) is 23.6 Å². The van der Waals surface area contributed by atoms with Gasteiger partial charge in [0.25, 0.3) is 0 Å². The third-order valence-electron chi connectivity index (χ3n) is 8.71. The van der Waals surface area contributed by atoms with E-state index in [2.05, 4.69) is 28.2 Å². The third-order valence-corrected chi connectivity index (χ3v) is 9.60. The van der Waals surface area contributed by atoms with Gasteiger partial charge in [0.05, 0.1) is 39.6 Å². The second kappa shape index (κ2) is 40.1. The van der Waals surface area contributed by atoms with Crippen molar-refractivity contribution in [2.24, 2.45) is 0 Å². The summed E-state index contributed by atoms with van der Waals surface area (Å²) in [6.45, 7) is 5.67. The highest BCUT2D eigenvalue weighted by molar-refractivity contribution is 7.51. The maximum Gasteiger partial charge on any atom is 0.325 e. The average molecular weight is 809 g/mol. The lowest BCUT2D eigenvalue weighted by atomic mass is 10.0. The lowest BCUT2D eigenvalue weighted by Gasteiger charge is -2.09. The van der Waals surface area contributed by atoms with Crippen molar-refractivity contribution in [3.8, 4) is 0 Å². The number of ether oxygens (including phenoxy) is 4. The third kappa shape index (κ3) is 44.5. The number of nitrogens with one attached hydrogen (secondary N) is 4. The molecule has 0 aliphatic carbocycles. The van der Waals surface area contributed by atoms with Gasteiger partial charge < -0.3 is 50.0 Å². The summed E-state index contributed by atoms with van der Waals surface area (Å²) in [6.07, 6.45) is 21.7. The van der Waals surface area contributed by atoms with Gasteiger partial charge in [0.15, 0.2) is 0 Å². The van der Waals surface area contributed by atoms with E-state index >= 15 is 0 Å². The predicted octanol–water partition coefficient (Wildman–Crippen LogP) is 4.91. The molecular formula is C39H77N4O11P. The Morgan fingerprint density at radius 2 is 0.764 bits per heavy atom. The molecule has 0 atom stereocenters. The quantitative estimate of drug-likeness (QED) is 0.0361. The molecule has 6 N–H and O–H groups in total. The van der Waals surface area contributed by atoms with Crippen LogP contribution in [0.4, 0.5) is 0 Å². The van der Waals surface area contributed by atoms with E-state index in [0.29, 0.717) is 84.9 Å². The van der Waals surface area contributed by atoms with Crippen molar-refractivity contribution in [2.45, 2.75) is 142 Å². The van der Waals surface area contributed by atoms with E-state index in [1.54, 1.807) is 0 Å². The van der Waals surface area contributed by atoms with Crippen LogP contribution in [0.2, 0.25) is 0 Å². The lowest BCUT2D eigenvalue weighted by molar-refractivity contribution is -0.127. The topological polar surface area (TPSA) is 211 Å². The first-order valence-electron chi connectivity index (χ1n) is 21.1. The molecule has 0 aromatic heterocycles. The number of amides is 4. The summed E-state index contributed by atoms with van der Waals surface area (Å²) in [7, 11) is -3.82. The maximum absolute atomic E-state index is 12.1. The minimum absolute atomic E-state index is 0.00790. The summed E-state index contributed by atoms with van der Waals surface area (Å²) in [4.78, 5) is 65.1. The van der Waals surface area contributed by atoms with Crippen molar-refractivity contribution in [1.29, 1.82) is 0 Å². The summed E-state index contributed by atoms with van der Waals surface area (Å²) in [5.74, 6) is -0.441. The molecule has 0 saturated carbocycles. The Morgan fingerprint density at radius 3 is 1.22 bits per heavy atom. The summed E-state index contributed by atoms with van der Waals surface area (Å²) in [6, 6.07) is 0. The van der Waals surface area contributed by atoms with Gasteiger partial charge in [0.1, 0.15) is 13.2 Å². The van der Waals surface area contributed by atoms with Gasteiger partial charge in [-0.25, -0.2) is 0 Å². The largest absolute Gasteiger partial charge is 0.377 e. The first-order valence-corrected chi connectivity index (χ1v) is 22.9. The van der Waals surface area contributed by atoms with Crippen molar-refractivity contribution in [2.75, 3.05) is 85.2 Å². The molecule has 0 aliphatic heterocycles. The minimum Gasteiger partial charge on any atom is -0.377 e. The number of hydrogen-bond acceptors (Lipinski definition) is 9. The molecular weight excluding hydrogens is 731 g/mol. The van der Waals surface area contributed by atoms with E-state index in [4.69, 9.17) is 28.7 Å². The Balaban J connectivity index is 3.36. The number of rotatable bonds is 42. The van der Waals surface area contributed by atoms with E-state index in [1.165, 1.54) is 57.8 Å². The molecule has 324 valence electrons. The van der Waals surface area contributed by atoms with E-state index < -0.39 is 7.60 Å². The minimum atomic E-state index is -3.82. The Kier molecular flexibility index (Phi) is 38.5. The molecule has 0 spiro atoms. The zero-order chi connectivity index (χ0) is 40.5. The van der Waals surface area contributed by atoms with Crippen LogP contribution in [0, 0.1) is 0 Å². The summed E-state index contributed by atoms with van der Waals surface area (Å²) < 4.78 is 32.1. The van der Waals surface area contributed by atoms with Crippen LogP contribution in [-0.2, 0) is 42.7 Å². The van der Waals surface area contributed by atoms with Crippen LogP contribution in [0.15, 0.2) is 0 Å².